The number of ketones is 1. The molecule has 94 valence electrons. The summed E-state index contributed by atoms with van der Waals surface area (Å²) in [6, 6.07) is 7.84. The minimum atomic E-state index is 0.228. The van der Waals surface area contributed by atoms with E-state index in [-0.39, 0.29) is 5.78 Å². The average molecular weight is 233 g/mol. The zero-order valence-corrected chi connectivity index (χ0v) is 11.2. The fourth-order valence-electron chi connectivity index (χ4n) is 1.84. The Kier molecular flexibility index (Phi) is 5.92. The summed E-state index contributed by atoms with van der Waals surface area (Å²) < 4.78 is 0. The van der Waals surface area contributed by atoms with Crippen LogP contribution in [0.4, 0.5) is 0 Å². The molecule has 0 spiro atoms. The summed E-state index contributed by atoms with van der Waals surface area (Å²) in [5.41, 5.74) is 1.98. The molecule has 2 heteroatoms. The van der Waals surface area contributed by atoms with Crippen molar-refractivity contribution in [2.75, 3.05) is 19.6 Å². The van der Waals surface area contributed by atoms with Gasteiger partial charge in [0.05, 0.1) is 6.54 Å². The lowest BCUT2D eigenvalue weighted by Gasteiger charge is -2.19. The third-order valence-corrected chi connectivity index (χ3v) is 2.98. The zero-order chi connectivity index (χ0) is 12.7. The number of Topliss-reactive ketones (excluding diaryl/α,β-unsaturated/α-hetero) is 1. The number of unbranched alkanes of at least 4 members (excludes halogenated alkanes) is 1. The lowest BCUT2D eigenvalue weighted by Crippen LogP contribution is -2.30. The number of rotatable bonds is 7. The summed E-state index contributed by atoms with van der Waals surface area (Å²) in [7, 11) is 0. The maximum absolute atomic E-state index is 12.1. The number of carbonyl (C=O) groups is 1. The van der Waals surface area contributed by atoms with Crippen molar-refractivity contribution in [1.29, 1.82) is 0 Å². The molecule has 0 bridgehead atoms. The minimum Gasteiger partial charge on any atom is -0.296 e. The van der Waals surface area contributed by atoms with E-state index in [4.69, 9.17) is 0 Å². The highest BCUT2D eigenvalue weighted by Gasteiger charge is 2.10. The van der Waals surface area contributed by atoms with Crippen LogP contribution in [0.2, 0.25) is 0 Å². The first kappa shape index (κ1) is 13.9. The second-order valence-electron chi connectivity index (χ2n) is 4.51. The summed E-state index contributed by atoms with van der Waals surface area (Å²) in [6.45, 7) is 8.81. The van der Waals surface area contributed by atoms with Crippen molar-refractivity contribution < 1.29 is 4.79 Å². The average Bonchev–Trinajstić information content (AvgIpc) is 2.34. The first-order chi connectivity index (χ1) is 8.17. The van der Waals surface area contributed by atoms with Crippen molar-refractivity contribution in [3.8, 4) is 0 Å². The number of carbonyl (C=O) groups excluding carboxylic acids is 1. The summed E-state index contributed by atoms with van der Waals surface area (Å²) in [6.07, 6.45) is 2.34. The van der Waals surface area contributed by atoms with Crippen LogP contribution in [0.25, 0.3) is 0 Å². The highest BCUT2D eigenvalue weighted by molar-refractivity contribution is 5.97. The Balaban J connectivity index is 2.58. The Morgan fingerprint density at radius 2 is 2.06 bits per heavy atom. The molecular formula is C15H23NO. The molecule has 1 aromatic rings. The van der Waals surface area contributed by atoms with Gasteiger partial charge in [-0.15, -0.1) is 0 Å². The Morgan fingerprint density at radius 1 is 1.29 bits per heavy atom. The molecule has 0 aliphatic heterocycles. The van der Waals surface area contributed by atoms with Crippen molar-refractivity contribution >= 4 is 5.78 Å². The molecule has 0 unspecified atom stereocenters. The van der Waals surface area contributed by atoms with Gasteiger partial charge in [0.15, 0.2) is 5.78 Å². The highest BCUT2D eigenvalue weighted by Crippen LogP contribution is 2.06. The molecule has 0 aliphatic carbocycles. The van der Waals surface area contributed by atoms with E-state index in [2.05, 4.69) is 18.7 Å². The molecule has 0 N–H and O–H groups in total. The lowest BCUT2D eigenvalue weighted by atomic mass is 10.1. The zero-order valence-electron chi connectivity index (χ0n) is 11.2. The van der Waals surface area contributed by atoms with Gasteiger partial charge in [0, 0.05) is 5.56 Å². The molecule has 1 rings (SSSR count). The monoisotopic (exact) mass is 233 g/mol. The van der Waals surface area contributed by atoms with Crippen LogP contribution in [0.1, 0.15) is 42.6 Å². The van der Waals surface area contributed by atoms with E-state index in [9.17, 15) is 4.79 Å². The largest absolute Gasteiger partial charge is 0.296 e. The lowest BCUT2D eigenvalue weighted by molar-refractivity contribution is 0.0933. The molecule has 0 aliphatic rings. The molecule has 0 heterocycles. The first-order valence-corrected chi connectivity index (χ1v) is 6.49. The van der Waals surface area contributed by atoms with Crippen molar-refractivity contribution in [3.63, 3.8) is 0 Å². The maximum atomic E-state index is 12.1. The molecule has 0 fully saturated rings. The maximum Gasteiger partial charge on any atom is 0.176 e. The minimum absolute atomic E-state index is 0.228. The Hall–Kier alpha value is -1.15. The summed E-state index contributed by atoms with van der Waals surface area (Å²) >= 11 is 0. The second kappa shape index (κ2) is 7.23. The van der Waals surface area contributed by atoms with Gasteiger partial charge in [0.1, 0.15) is 0 Å². The van der Waals surface area contributed by atoms with Gasteiger partial charge < -0.3 is 0 Å². The van der Waals surface area contributed by atoms with E-state index in [0.717, 1.165) is 30.6 Å². The SMILES string of the molecule is CCCCN(CC)CC(=O)c1cccc(C)c1. The van der Waals surface area contributed by atoms with Crippen LogP contribution in [0.3, 0.4) is 0 Å². The third kappa shape index (κ3) is 4.70. The molecule has 1 aromatic carbocycles. The number of likely N-dealkylation sites (N-methyl/N-ethyl adjacent to an activating group) is 1. The summed E-state index contributed by atoms with van der Waals surface area (Å²) in [5, 5.41) is 0. The van der Waals surface area contributed by atoms with Crippen LogP contribution >= 0.6 is 0 Å². The quantitative estimate of drug-likeness (QED) is 0.673. The van der Waals surface area contributed by atoms with Crippen LogP contribution in [0.15, 0.2) is 24.3 Å². The summed E-state index contributed by atoms with van der Waals surface area (Å²) in [5.74, 6) is 0.228. The van der Waals surface area contributed by atoms with Crippen LogP contribution in [-0.4, -0.2) is 30.3 Å². The Bertz CT molecular complexity index is 360. The first-order valence-electron chi connectivity index (χ1n) is 6.49. The topological polar surface area (TPSA) is 20.3 Å². The third-order valence-electron chi connectivity index (χ3n) is 2.98. The second-order valence-corrected chi connectivity index (χ2v) is 4.51. The molecular weight excluding hydrogens is 210 g/mol. The van der Waals surface area contributed by atoms with Gasteiger partial charge in [0.25, 0.3) is 0 Å². The summed E-state index contributed by atoms with van der Waals surface area (Å²) in [4.78, 5) is 14.3. The van der Waals surface area contributed by atoms with E-state index < -0.39 is 0 Å². The fourth-order valence-corrected chi connectivity index (χ4v) is 1.84. The smallest absolute Gasteiger partial charge is 0.176 e. The predicted molar refractivity (Wildman–Crippen MR) is 72.5 cm³/mol. The molecule has 2 nitrogen and oxygen atoms in total. The van der Waals surface area contributed by atoms with Crippen LogP contribution in [0.5, 0.6) is 0 Å². The van der Waals surface area contributed by atoms with Crippen molar-refractivity contribution in [2.24, 2.45) is 0 Å². The van der Waals surface area contributed by atoms with E-state index in [1.165, 1.54) is 6.42 Å². The van der Waals surface area contributed by atoms with E-state index >= 15 is 0 Å². The Morgan fingerprint density at radius 3 is 2.65 bits per heavy atom. The molecule has 0 amide bonds. The van der Waals surface area contributed by atoms with Gasteiger partial charge in [-0.1, -0.05) is 44.0 Å². The normalized spacial score (nSPS) is 10.8. The number of hydrogen-bond donors (Lipinski definition) is 0. The highest BCUT2D eigenvalue weighted by atomic mass is 16.1. The number of hydrogen-bond acceptors (Lipinski definition) is 2. The van der Waals surface area contributed by atoms with Crippen LogP contribution in [-0.2, 0) is 0 Å². The van der Waals surface area contributed by atoms with Crippen molar-refractivity contribution in [3.05, 3.63) is 35.4 Å². The van der Waals surface area contributed by atoms with Gasteiger partial charge in [-0.05, 0) is 32.5 Å². The van der Waals surface area contributed by atoms with E-state index in [1.54, 1.807) is 0 Å². The predicted octanol–water partition coefficient (Wildman–Crippen LogP) is 3.30. The standard InChI is InChI=1S/C15H23NO/c1-4-6-10-16(5-2)12-15(17)14-9-7-8-13(3)11-14/h7-9,11H,4-6,10,12H2,1-3H3. The molecule has 0 aromatic heterocycles. The Labute approximate surface area is 105 Å². The fraction of sp³-hybridized carbons (Fsp3) is 0.533. The van der Waals surface area contributed by atoms with Gasteiger partial charge in [-0.2, -0.15) is 0 Å². The number of nitrogens with zero attached hydrogens (tertiary/aromatic N) is 1. The van der Waals surface area contributed by atoms with E-state index in [0.29, 0.717) is 6.54 Å². The number of benzene rings is 1. The molecule has 17 heavy (non-hydrogen) atoms. The van der Waals surface area contributed by atoms with Crippen LogP contribution in [0, 0.1) is 6.92 Å². The van der Waals surface area contributed by atoms with Gasteiger partial charge >= 0.3 is 0 Å². The molecule has 0 atom stereocenters. The number of aryl methyl sites for hydroxylation is 1. The molecule has 0 saturated heterocycles. The molecule has 0 radical (unpaired) electrons. The van der Waals surface area contributed by atoms with Gasteiger partial charge in [0.2, 0.25) is 0 Å². The van der Waals surface area contributed by atoms with E-state index in [1.807, 2.05) is 31.2 Å². The van der Waals surface area contributed by atoms with Gasteiger partial charge in [-0.3, -0.25) is 9.69 Å². The van der Waals surface area contributed by atoms with Gasteiger partial charge in [-0.25, -0.2) is 0 Å². The van der Waals surface area contributed by atoms with Crippen LogP contribution < -0.4 is 0 Å². The molecule has 0 saturated carbocycles. The van der Waals surface area contributed by atoms with Crippen molar-refractivity contribution in [2.45, 2.75) is 33.6 Å². The van der Waals surface area contributed by atoms with Crippen molar-refractivity contribution in [1.82, 2.24) is 4.90 Å².